The van der Waals surface area contributed by atoms with Gasteiger partial charge in [-0.1, -0.05) is 79.7 Å². The molecule has 1 unspecified atom stereocenters. The predicted molar refractivity (Wildman–Crippen MR) is 88.3 cm³/mol. The molecule has 106 valence electrons. The first-order chi connectivity index (χ1) is 10.2. The van der Waals surface area contributed by atoms with Gasteiger partial charge in [-0.15, -0.1) is 0 Å². The second kappa shape index (κ2) is 5.71. The van der Waals surface area contributed by atoms with Crippen LogP contribution in [-0.4, -0.2) is 5.11 Å². The van der Waals surface area contributed by atoms with Crippen molar-refractivity contribution in [2.45, 2.75) is 25.4 Å². The van der Waals surface area contributed by atoms with Crippen molar-refractivity contribution in [3.05, 3.63) is 83.9 Å². The fourth-order valence-electron chi connectivity index (χ4n) is 2.94. The molecule has 0 bridgehead atoms. The molecule has 0 spiro atoms. The van der Waals surface area contributed by atoms with E-state index >= 15 is 0 Å². The van der Waals surface area contributed by atoms with E-state index in [1.165, 1.54) is 16.3 Å². The van der Waals surface area contributed by atoms with Crippen LogP contribution in [0.5, 0.6) is 0 Å². The molecule has 1 atom stereocenters. The van der Waals surface area contributed by atoms with Crippen molar-refractivity contribution in [1.29, 1.82) is 0 Å². The topological polar surface area (TPSA) is 20.2 Å². The molecular weight excluding hydrogens is 256 g/mol. The lowest BCUT2D eigenvalue weighted by atomic mass is 9.84. The Kier molecular flexibility index (Phi) is 3.76. The largest absolute Gasteiger partial charge is 0.385 e. The fourth-order valence-corrected chi connectivity index (χ4v) is 2.94. The van der Waals surface area contributed by atoms with Crippen LogP contribution in [-0.2, 0) is 12.0 Å². The molecular formula is C20H20O. The molecule has 3 rings (SSSR count). The molecule has 0 radical (unpaired) electrons. The fraction of sp³-hybridized carbons (Fsp3) is 0.200. The summed E-state index contributed by atoms with van der Waals surface area (Å²) in [5, 5.41) is 13.6. The van der Waals surface area contributed by atoms with Crippen LogP contribution in [0.2, 0.25) is 0 Å². The maximum Gasteiger partial charge on any atom is 0.0934 e. The lowest BCUT2D eigenvalue weighted by Gasteiger charge is -2.28. The number of benzene rings is 3. The summed E-state index contributed by atoms with van der Waals surface area (Å²) in [6.07, 6.45) is 1.33. The summed E-state index contributed by atoms with van der Waals surface area (Å²) in [6, 6.07) is 24.6. The Morgan fingerprint density at radius 1 is 0.810 bits per heavy atom. The summed E-state index contributed by atoms with van der Waals surface area (Å²) < 4.78 is 0. The highest BCUT2D eigenvalue weighted by molar-refractivity contribution is 5.85. The van der Waals surface area contributed by atoms with Crippen molar-refractivity contribution in [2.75, 3.05) is 0 Å². The minimum Gasteiger partial charge on any atom is -0.385 e. The Morgan fingerprint density at radius 3 is 2.24 bits per heavy atom. The minimum absolute atomic E-state index is 0.634. The molecule has 0 aliphatic carbocycles. The molecule has 0 amide bonds. The van der Waals surface area contributed by atoms with Crippen LogP contribution in [0.3, 0.4) is 0 Å². The average Bonchev–Trinajstić information content (AvgIpc) is 2.56. The van der Waals surface area contributed by atoms with E-state index < -0.39 is 5.60 Å². The standard InChI is InChI=1S/C20H20O/c1-2-20(21,18-12-4-3-5-13-18)15-17-11-8-10-16-9-6-7-14-19(16)17/h3-14,21H,2,15H2,1H3. The number of hydrogen-bond donors (Lipinski definition) is 1. The van der Waals surface area contributed by atoms with Gasteiger partial charge in [0.1, 0.15) is 0 Å². The van der Waals surface area contributed by atoms with Crippen molar-refractivity contribution in [2.24, 2.45) is 0 Å². The van der Waals surface area contributed by atoms with E-state index in [2.05, 4.69) is 42.5 Å². The van der Waals surface area contributed by atoms with Crippen LogP contribution < -0.4 is 0 Å². The first-order valence-corrected chi connectivity index (χ1v) is 7.47. The Balaban J connectivity index is 2.04. The van der Waals surface area contributed by atoms with Gasteiger partial charge in [-0.2, -0.15) is 0 Å². The van der Waals surface area contributed by atoms with Gasteiger partial charge in [0.25, 0.3) is 0 Å². The normalized spacial score (nSPS) is 14.0. The zero-order chi connectivity index (χ0) is 14.7. The Hall–Kier alpha value is -2.12. The van der Waals surface area contributed by atoms with Gasteiger partial charge in [0.05, 0.1) is 5.60 Å². The van der Waals surface area contributed by atoms with Crippen molar-refractivity contribution >= 4 is 10.8 Å². The van der Waals surface area contributed by atoms with Crippen LogP contribution in [0.15, 0.2) is 72.8 Å². The highest BCUT2D eigenvalue weighted by atomic mass is 16.3. The van der Waals surface area contributed by atoms with Gasteiger partial charge < -0.3 is 5.11 Å². The van der Waals surface area contributed by atoms with E-state index in [1.54, 1.807) is 0 Å². The van der Waals surface area contributed by atoms with E-state index in [9.17, 15) is 5.11 Å². The zero-order valence-corrected chi connectivity index (χ0v) is 12.3. The van der Waals surface area contributed by atoms with Crippen molar-refractivity contribution in [3.8, 4) is 0 Å². The Labute approximate surface area is 125 Å². The summed E-state index contributed by atoms with van der Waals surface area (Å²) >= 11 is 0. The maximum atomic E-state index is 11.1. The molecule has 0 heterocycles. The van der Waals surface area contributed by atoms with Gasteiger partial charge in [0.2, 0.25) is 0 Å². The van der Waals surface area contributed by atoms with E-state index in [1.807, 2.05) is 37.3 Å². The molecule has 0 aliphatic rings. The quantitative estimate of drug-likeness (QED) is 0.733. The van der Waals surface area contributed by atoms with Crippen LogP contribution in [0.4, 0.5) is 0 Å². The SMILES string of the molecule is CCC(O)(Cc1cccc2ccccc12)c1ccccc1. The second-order valence-corrected chi connectivity index (χ2v) is 5.57. The molecule has 0 saturated carbocycles. The molecule has 21 heavy (non-hydrogen) atoms. The molecule has 3 aromatic rings. The smallest absolute Gasteiger partial charge is 0.0934 e. The van der Waals surface area contributed by atoms with Gasteiger partial charge in [-0.05, 0) is 28.3 Å². The van der Waals surface area contributed by atoms with Gasteiger partial charge in [0.15, 0.2) is 0 Å². The summed E-state index contributed by atoms with van der Waals surface area (Å²) in [6.45, 7) is 2.04. The number of hydrogen-bond acceptors (Lipinski definition) is 1. The monoisotopic (exact) mass is 276 g/mol. The van der Waals surface area contributed by atoms with Crippen molar-refractivity contribution in [1.82, 2.24) is 0 Å². The van der Waals surface area contributed by atoms with E-state index in [4.69, 9.17) is 0 Å². The minimum atomic E-state index is -0.814. The first-order valence-electron chi connectivity index (χ1n) is 7.47. The van der Waals surface area contributed by atoms with Gasteiger partial charge in [-0.25, -0.2) is 0 Å². The summed E-state index contributed by atoms with van der Waals surface area (Å²) in [4.78, 5) is 0. The van der Waals surface area contributed by atoms with Crippen molar-refractivity contribution in [3.63, 3.8) is 0 Å². The number of fused-ring (bicyclic) bond motifs is 1. The Bertz CT molecular complexity index is 728. The molecule has 0 saturated heterocycles. The van der Waals surface area contributed by atoms with Crippen molar-refractivity contribution < 1.29 is 5.11 Å². The van der Waals surface area contributed by atoms with Gasteiger partial charge in [0, 0.05) is 6.42 Å². The van der Waals surface area contributed by atoms with E-state index in [-0.39, 0.29) is 0 Å². The third-order valence-corrected chi connectivity index (χ3v) is 4.26. The van der Waals surface area contributed by atoms with E-state index in [0.717, 1.165) is 5.56 Å². The molecule has 3 aromatic carbocycles. The zero-order valence-electron chi connectivity index (χ0n) is 12.3. The van der Waals surface area contributed by atoms with Crippen LogP contribution >= 0.6 is 0 Å². The summed E-state index contributed by atoms with van der Waals surface area (Å²) in [7, 11) is 0. The summed E-state index contributed by atoms with van der Waals surface area (Å²) in [5.74, 6) is 0. The first kappa shape index (κ1) is 13.8. The highest BCUT2D eigenvalue weighted by Gasteiger charge is 2.27. The molecule has 0 aromatic heterocycles. The molecule has 1 heteroatoms. The lowest BCUT2D eigenvalue weighted by Crippen LogP contribution is -2.27. The third-order valence-electron chi connectivity index (χ3n) is 4.26. The summed E-state index contributed by atoms with van der Waals surface area (Å²) in [5.41, 5.74) is 1.37. The average molecular weight is 276 g/mol. The lowest BCUT2D eigenvalue weighted by molar-refractivity contribution is 0.0330. The number of rotatable bonds is 4. The molecule has 0 aliphatic heterocycles. The van der Waals surface area contributed by atoms with Crippen LogP contribution in [0.25, 0.3) is 10.8 Å². The van der Waals surface area contributed by atoms with E-state index in [0.29, 0.717) is 12.8 Å². The highest BCUT2D eigenvalue weighted by Crippen LogP contribution is 2.31. The number of aliphatic hydroxyl groups is 1. The van der Waals surface area contributed by atoms with Crippen LogP contribution in [0, 0.1) is 0 Å². The molecule has 1 N–H and O–H groups in total. The van der Waals surface area contributed by atoms with Gasteiger partial charge in [-0.3, -0.25) is 0 Å². The molecule has 0 fully saturated rings. The van der Waals surface area contributed by atoms with Gasteiger partial charge >= 0.3 is 0 Å². The predicted octanol–water partition coefficient (Wildman–Crippen LogP) is 4.68. The molecule has 1 nitrogen and oxygen atoms in total. The Morgan fingerprint density at radius 2 is 1.48 bits per heavy atom. The van der Waals surface area contributed by atoms with Crippen LogP contribution in [0.1, 0.15) is 24.5 Å². The maximum absolute atomic E-state index is 11.1. The third kappa shape index (κ3) is 2.70. The second-order valence-electron chi connectivity index (χ2n) is 5.57.